The van der Waals surface area contributed by atoms with Crippen molar-refractivity contribution in [3.8, 4) is 0 Å². The Kier molecular flexibility index (Phi) is 3.25. The van der Waals surface area contributed by atoms with E-state index in [9.17, 15) is 10.0 Å². The Balaban J connectivity index is 2.71. The molecule has 1 N–H and O–H groups in total. The van der Waals surface area contributed by atoms with Crippen molar-refractivity contribution in [3.05, 3.63) is 35.3 Å². The fourth-order valence-corrected chi connectivity index (χ4v) is 0.933. The fraction of sp³-hybridized carbons (Fsp3) is 0.333. The molecule has 0 saturated heterocycles. The quantitative estimate of drug-likeness (QED) is 0.542. The molecule has 0 unspecified atom stereocenters. The fourth-order valence-electron chi connectivity index (χ4n) is 0.933. The SMILES string of the molecule is CCCNC(=O)c1cccc[n+]1[O-]. The number of pyridine rings is 1. The number of aromatic nitrogens is 1. The predicted octanol–water partition coefficient (Wildman–Crippen LogP) is 0.460. The van der Waals surface area contributed by atoms with Crippen molar-refractivity contribution in [2.45, 2.75) is 13.3 Å². The Labute approximate surface area is 76.8 Å². The van der Waals surface area contributed by atoms with E-state index >= 15 is 0 Å². The topological polar surface area (TPSA) is 56.0 Å². The van der Waals surface area contributed by atoms with Crippen LogP contribution < -0.4 is 10.0 Å². The Hall–Kier alpha value is -1.58. The minimum absolute atomic E-state index is 0.135. The third-order valence-electron chi connectivity index (χ3n) is 1.59. The van der Waals surface area contributed by atoms with Crippen molar-refractivity contribution in [2.75, 3.05) is 6.54 Å². The van der Waals surface area contributed by atoms with E-state index < -0.39 is 0 Å². The third kappa shape index (κ3) is 2.43. The highest BCUT2D eigenvalue weighted by Crippen LogP contribution is 1.90. The molecular weight excluding hydrogens is 168 g/mol. The number of amides is 1. The minimum Gasteiger partial charge on any atom is -0.618 e. The van der Waals surface area contributed by atoms with Crippen LogP contribution in [-0.2, 0) is 0 Å². The molecule has 0 spiro atoms. The smallest absolute Gasteiger partial charge is 0.317 e. The van der Waals surface area contributed by atoms with Crippen LogP contribution in [0, 0.1) is 5.21 Å². The molecule has 0 atom stereocenters. The molecule has 70 valence electrons. The van der Waals surface area contributed by atoms with Crippen molar-refractivity contribution in [1.29, 1.82) is 0 Å². The lowest BCUT2D eigenvalue weighted by Gasteiger charge is -2.03. The van der Waals surface area contributed by atoms with Crippen LogP contribution in [0.2, 0.25) is 0 Å². The molecule has 0 saturated carbocycles. The van der Waals surface area contributed by atoms with Gasteiger partial charge in [0.1, 0.15) is 0 Å². The molecule has 0 aromatic carbocycles. The largest absolute Gasteiger partial charge is 0.618 e. The van der Waals surface area contributed by atoms with E-state index in [1.165, 1.54) is 12.3 Å². The number of nitrogens with one attached hydrogen (secondary N) is 1. The van der Waals surface area contributed by atoms with Gasteiger partial charge in [0, 0.05) is 18.7 Å². The van der Waals surface area contributed by atoms with Gasteiger partial charge in [0.15, 0.2) is 6.20 Å². The van der Waals surface area contributed by atoms with Crippen molar-refractivity contribution in [3.63, 3.8) is 0 Å². The first-order valence-electron chi connectivity index (χ1n) is 4.22. The van der Waals surface area contributed by atoms with Gasteiger partial charge < -0.3 is 10.5 Å². The molecule has 0 aliphatic heterocycles. The Morgan fingerprint density at radius 1 is 1.62 bits per heavy atom. The number of hydrogen-bond donors (Lipinski definition) is 1. The summed E-state index contributed by atoms with van der Waals surface area (Å²) in [6.45, 7) is 2.55. The van der Waals surface area contributed by atoms with Crippen LogP contribution in [0.3, 0.4) is 0 Å². The van der Waals surface area contributed by atoms with Gasteiger partial charge in [0.25, 0.3) is 5.69 Å². The first-order valence-corrected chi connectivity index (χ1v) is 4.22. The highest BCUT2D eigenvalue weighted by Gasteiger charge is 2.12. The molecule has 1 rings (SSSR count). The van der Waals surface area contributed by atoms with Gasteiger partial charge in [0.05, 0.1) is 0 Å². The molecular formula is C9H12N2O2. The summed E-state index contributed by atoms with van der Waals surface area (Å²) in [6, 6.07) is 4.75. The van der Waals surface area contributed by atoms with E-state index in [0.29, 0.717) is 11.3 Å². The normalized spacial score (nSPS) is 9.62. The molecule has 1 aromatic rings. The molecule has 4 heteroatoms. The summed E-state index contributed by atoms with van der Waals surface area (Å²) in [5, 5.41) is 13.7. The van der Waals surface area contributed by atoms with Crippen LogP contribution in [0.25, 0.3) is 0 Å². The van der Waals surface area contributed by atoms with Crippen molar-refractivity contribution in [1.82, 2.24) is 5.32 Å². The van der Waals surface area contributed by atoms with Crippen LogP contribution >= 0.6 is 0 Å². The van der Waals surface area contributed by atoms with E-state index in [4.69, 9.17) is 0 Å². The number of hydrogen-bond acceptors (Lipinski definition) is 2. The molecule has 1 heterocycles. The molecule has 1 amide bonds. The molecule has 0 aliphatic rings. The third-order valence-corrected chi connectivity index (χ3v) is 1.59. The van der Waals surface area contributed by atoms with Crippen LogP contribution in [0.15, 0.2) is 24.4 Å². The second kappa shape index (κ2) is 4.45. The molecule has 4 nitrogen and oxygen atoms in total. The highest BCUT2D eigenvalue weighted by molar-refractivity contribution is 5.90. The van der Waals surface area contributed by atoms with Gasteiger partial charge in [-0.05, 0) is 12.5 Å². The summed E-state index contributed by atoms with van der Waals surface area (Å²) >= 11 is 0. The van der Waals surface area contributed by atoms with E-state index in [2.05, 4.69) is 5.32 Å². The average molecular weight is 180 g/mol. The summed E-state index contributed by atoms with van der Waals surface area (Å²) in [4.78, 5) is 11.3. The van der Waals surface area contributed by atoms with E-state index in [0.717, 1.165) is 6.42 Å². The maximum atomic E-state index is 11.3. The predicted molar refractivity (Wildman–Crippen MR) is 48.0 cm³/mol. The number of carbonyl (C=O) groups is 1. The molecule has 0 bridgehead atoms. The van der Waals surface area contributed by atoms with Gasteiger partial charge in [0.2, 0.25) is 0 Å². The lowest BCUT2D eigenvalue weighted by molar-refractivity contribution is -0.607. The highest BCUT2D eigenvalue weighted by atomic mass is 16.5. The van der Waals surface area contributed by atoms with Gasteiger partial charge in [-0.15, -0.1) is 0 Å². The number of nitrogens with zero attached hydrogens (tertiary/aromatic N) is 1. The number of rotatable bonds is 3. The summed E-state index contributed by atoms with van der Waals surface area (Å²) in [5.74, 6) is -0.322. The summed E-state index contributed by atoms with van der Waals surface area (Å²) < 4.78 is 0.561. The van der Waals surface area contributed by atoms with Crippen LogP contribution in [-0.4, -0.2) is 12.5 Å². The first-order chi connectivity index (χ1) is 6.25. The monoisotopic (exact) mass is 180 g/mol. The van der Waals surface area contributed by atoms with Crippen molar-refractivity contribution >= 4 is 5.91 Å². The number of carbonyl (C=O) groups excluding carboxylic acids is 1. The Bertz CT molecular complexity index is 299. The van der Waals surface area contributed by atoms with Gasteiger partial charge in [-0.2, -0.15) is 4.73 Å². The molecule has 13 heavy (non-hydrogen) atoms. The average Bonchev–Trinajstić information content (AvgIpc) is 2.15. The minimum atomic E-state index is -0.322. The van der Waals surface area contributed by atoms with E-state index in [1.54, 1.807) is 12.1 Å². The maximum Gasteiger partial charge on any atom is 0.317 e. The van der Waals surface area contributed by atoms with Crippen molar-refractivity contribution in [2.24, 2.45) is 0 Å². The zero-order chi connectivity index (χ0) is 9.68. The lowest BCUT2D eigenvalue weighted by Crippen LogP contribution is -2.39. The second-order valence-electron chi connectivity index (χ2n) is 2.67. The lowest BCUT2D eigenvalue weighted by atomic mass is 10.3. The van der Waals surface area contributed by atoms with Gasteiger partial charge in [-0.1, -0.05) is 6.92 Å². The summed E-state index contributed by atoms with van der Waals surface area (Å²) in [7, 11) is 0. The summed E-state index contributed by atoms with van der Waals surface area (Å²) in [6.07, 6.45) is 2.16. The second-order valence-corrected chi connectivity index (χ2v) is 2.67. The van der Waals surface area contributed by atoms with Gasteiger partial charge in [-0.25, -0.2) is 0 Å². The maximum absolute atomic E-state index is 11.3. The van der Waals surface area contributed by atoms with Gasteiger partial charge in [-0.3, -0.25) is 4.79 Å². The standard InChI is InChI=1S/C9H12N2O2/c1-2-6-10-9(12)8-5-3-4-7-11(8)13/h3-5,7H,2,6H2,1H3,(H,10,12). The van der Waals surface area contributed by atoms with Crippen LogP contribution in [0.4, 0.5) is 0 Å². The zero-order valence-electron chi connectivity index (χ0n) is 7.49. The van der Waals surface area contributed by atoms with Crippen molar-refractivity contribution < 1.29 is 9.52 Å². The van der Waals surface area contributed by atoms with Crippen LogP contribution in [0.1, 0.15) is 23.8 Å². The summed E-state index contributed by atoms with van der Waals surface area (Å²) in [5.41, 5.74) is 0.135. The van der Waals surface area contributed by atoms with E-state index in [-0.39, 0.29) is 11.6 Å². The Morgan fingerprint density at radius 3 is 3.00 bits per heavy atom. The Morgan fingerprint density at radius 2 is 2.38 bits per heavy atom. The molecule has 0 fully saturated rings. The van der Waals surface area contributed by atoms with Crippen LogP contribution in [0.5, 0.6) is 0 Å². The van der Waals surface area contributed by atoms with E-state index in [1.807, 2.05) is 6.92 Å². The molecule has 0 radical (unpaired) electrons. The zero-order valence-corrected chi connectivity index (χ0v) is 7.49. The van der Waals surface area contributed by atoms with Gasteiger partial charge >= 0.3 is 5.91 Å². The molecule has 1 aromatic heterocycles. The first kappa shape index (κ1) is 9.51. The molecule has 0 aliphatic carbocycles.